The zero-order chi connectivity index (χ0) is 18.1. The molecule has 1 aliphatic heterocycles. The van der Waals surface area contributed by atoms with E-state index in [9.17, 15) is 4.79 Å². The van der Waals surface area contributed by atoms with E-state index in [1.54, 1.807) is 16.7 Å². The number of ether oxygens (including phenoxy) is 1. The standard InChI is InChI=1S/C20H23N3O2S/c1-14-4-3-5-15(2)19(14)25-17-6-8-22(9-7-17)13-16-12-18(24)23-10-11-26-20(23)21-16/h3-5,10-12,17H,6-9,13H2,1-2H3. The van der Waals surface area contributed by atoms with Crippen LogP contribution in [0.1, 0.15) is 29.7 Å². The molecule has 0 saturated carbocycles. The quantitative estimate of drug-likeness (QED) is 0.707. The summed E-state index contributed by atoms with van der Waals surface area (Å²) in [4.78, 5) is 19.8. The molecule has 0 unspecified atom stereocenters. The number of hydrogen-bond acceptors (Lipinski definition) is 5. The summed E-state index contributed by atoms with van der Waals surface area (Å²) in [7, 11) is 0. The lowest BCUT2D eigenvalue weighted by Crippen LogP contribution is -2.38. The molecule has 3 heterocycles. The van der Waals surface area contributed by atoms with Crippen molar-refractivity contribution < 1.29 is 4.74 Å². The van der Waals surface area contributed by atoms with Crippen molar-refractivity contribution in [3.05, 3.63) is 63.0 Å². The van der Waals surface area contributed by atoms with Crippen LogP contribution < -0.4 is 10.3 Å². The van der Waals surface area contributed by atoms with Crippen LogP contribution in [0.5, 0.6) is 5.75 Å². The second-order valence-electron chi connectivity index (χ2n) is 6.96. The van der Waals surface area contributed by atoms with Gasteiger partial charge in [0.2, 0.25) is 0 Å². The first kappa shape index (κ1) is 17.2. The third kappa shape index (κ3) is 3.52. The van der Waals surface area contributed by atoms with Crippen molar-refractivity contribution in [2.75, 3.05) is 13.1 Å². The average molecular weight is 369 g/mol. The molecule has 2 aromatic heterocycles. The van der Waals surface area contributed by atoms with Gasteiger partial charge in [0, 0.05) is 37.3 Å². The Kier molecular flexibility index (Phi) is 4.78. The molecular formula is C20H23N3O2S. The third-order valence-electron chi connectivity index (χ3n) is 4.97. The SMILES string of the molecule is Cc1cccc(C)c1OC1CCN(Cc2cc(=O)n3ccsc3n2)CC1. The van der Waals surface area contributed by atoms with E-state index in [2.05, 4.69) is 41.9 Å². The Labute approximate surface area is 156 Å². The molecule has 1 aliphatic rings. The minimum absolute atomic E-state index is 0.000465. The van der Waals surface area contributed by atoms with Gasteiger partial charge in [-0.2, -0.15) is 0 Å². The van der Waals surface area contributed by atoms with Crippen LogP contribution in [0, 0.1) is 13.8 Å². The van der Waals surface area contributed by atoms with E-state index in [1.807, 2.05) is 5.38 Å². The molecule has 0 bridgehead atoms. The average Bonchev–Trinajstić information content (AvgIpc) is 3.09. The van der Waals surface area contributed by atoms with Gasteiger partial charge >= 0.3 is 0 Å². The van der Waals surface area contributed by atoms with Crippen LogP contribution in [-0.2, 0) is 6.54 Å². The minimum atomic E-state index is -0.000465. The van der Waals surface area contributed by atoms with E-state index in [0.717, 1.165) is 48.9 Å². The summed E-state index contributed by atoms with van der Waals surface area (Å²) in [5.41, 5.74) is 3.24. The van der Waals surface area contributed by atoms with Gasteiger partial charge in [-0.15, -0.1) is 11.3 Å². The van der Waals surface area contributed by atoms with E-state index < -0.39 is 0 Å². The van der Waals surface area contributed by atoms with Crippen LogP contribution in [-0.4, -0.2) is 33.5 Å². The largest absolute Gasteiger partial charge is 0.490 e. The number of rotatable bonds is 4. The summed E-state index contributed by atoms with van der Waals surface area (Å²) in [6, 6.07) is 7.92. The molecule has 0 aliphatic carbocycles. The van der Waals surface area contributed by atoms with Crippen molar-refractivity contribution in [2.24, 2.45) is 0 Å². The molecule has 0 spiro atoms. The van der Waals surface area contributed by atoms with Gasteiger partial charge in [-0.05, 0) is 37.8 Å². The number of fused-ring (bicyclic) bond motifs is 1. The molecular weight excluding hydrogens is 346 g/mol. The highest BCUT2D eigenvalue weighted by Gasteiger charge is 2.22. The lowest BCUT2D eigenvalue weighted by atomic mass is 10.1. The molecule has 0 atom stereocenters. The number of aryl methyl sites for hydroxylation is 2. The first-order chi connectivity index (χ1) is 12.6. The first-order valence-electron chi connectivity index (χ1n) is 9.01. The van der Waals surface area contributed by atoms with Crippen LogP contribution in [0.15, 0.2) is 40.6 Å². The van der Waals surface area contributed by atoms with E-state index in [4.69, 9.17) is 4.74 Å². The summed E-state index contributed by atoms with van der Waals surface area (Å²) < 4.78 is 7.88. The highest BCUT2D eigenvalue weighted by atomic mass is 32.1. The maximum atomic E-state index is 12.1. The van der Waals surface area contributed by atoms with Crippen LogP contribution in [0.2, 0.25) is 0 Å². The van der Waals surface area contributed by atoms with Gasteiger partial charge in [0.25, 0.3) is 5.56 Å². The fourth-order valence-corrected chi connectivity index (χ4v) is 4.27. The molecule has 136 valence electrons. The van der Waals surface area contributed by atoms with Crippen molar-refractivity contribution in [1.82, 2.24) is 14.3 Å². The van der Waals surface area contributed by atoms with Gasteiger partial charge in [-0.1, -0.05) is 18.2 Å². The molecule has 1 fully saturated rings. The molecule has 0 amide bonds. The number of thiazole rings is 1. The smallest absolute Gasteiger partial charge is 0.258 e. The van der Waals surface area contributed by atoms with Crippen molar-refractivity contribution >= 4 is 16.3 Å². The summed E-state index contributed by atoms with van der Waals surface area (Å²) in [6.45, 7) is 6.84. The predicted octanol–water partition coefficient (Wildman–Crippen LogP) is 3.42. The number of benzene rings is 1. The van der Waals surface area contributed by atoms with E-state index in [1.165, 1.54) is 22.5 Å². The summed E-state index contributed by atoms with van der Waals surface area (Å²) in [5, 5.41) is 1.89. The van der Waals surface area contributed by atoms with Crippen LogP contribution in [0.3, 0.4) is 0 Å². The van der Waals surface area contributed by atoms with Gasteiger partial charge in [-0.25, -0.2) is 4.98 Å². The molecule has 5 nitrogen and oxygen atoms in total. The molecule has 0 N–H and O–H groups in total. The second kappa shape index (κ2) is 7.21. The highest BCUT2D eigenvalue weighted by Crippen LogP contribution is 2.26. The Bertz CT molecular complexity index is 950. The topological polar surface area (TPSA) is 46.8 Å². The fraction of sp³-hybridized carbons (Fsp3) is 0.400. The van der Waals surface area contributed by atoms with E-state index in [-0.39, 0.29) is 11.7 Å². The summed E-state index contributed by atoms with van der Waals surface area (Å²) in [6.07, 6.45) is 4.02. The second-order valence-corrected chi connectivity index (χ2v) is 7.83. The number of para-hydroxylation sites is 1. The zero-order valence-corrected chi connectivity index (χ0v) is 16.0. The van der Waals surface area contributed by atoms with Crippen molar-refractivity contribution in [2.45, 2.75) is 39.3 Å². The molecule has 6 heteroatoms. The normalized spacial score (nSPS) is 16.2. The van der Waals surface area contributed by atoms with Crippen molar-refractivity contribution in [3.8, 4) is 5.75 Å². The highest BCUT2D eigenvalue weighted by molar-refractivity contribution is 7.15. The van der Waals surface area contributed by atoms with Crippen LogP contribution in [0.25, 0.3) is 4.96 Å². The Morgan fingerprint density at radius 1 is 1.23 bits per heavy atom. The molecule has 26 heavy (non-hydrogen) atoms. The third-order valence-corrected chi connectivity index (χ3v) is 5.73. The number of hydrogen-bond donors (Lipinski definition) is 0. The summed E-state index contributed by atoms with van der Waals surface area (Å²) >= 11 is 1.50. The van der Waals surface area contributed by atoms with E-state index in [0.29, 0.717) is 0 Å². The van der Waals surface area contributed by atoms with Crippen molar-refractivity contribution in [3.63, 3.8) is 0 Å². The Morgan fingerprint density at radius 3 is 2.69 bits per heavy atom. The lowest BCUT2D eigenvalue weighted by molar-refractivity contribution is 0.0950. The van der Waals surface area contributed by atoms with Crippen LogP contribution in [0.4, 0.5) is 0 Å². The van der Waals surface area contributed by atoms with E-state index >= 15 is 0 Å². The van der Waals surface area contributed by atoms with Crippen LogP contribution >= 0.6 is 11.3 Å². The minimum Gasteiger partial charge on any atom is -0.490 e. The first-order valence-corrected chi connectivity index (χ1v) is 9.89. The fourth-order valence-electron chi connectivity index (χ4n) is 3.53. The van der Waals surface area contributed by atoms with Crippen molar-refractivity contribution in [1.29, 1.82) is 0 Å². The number of piperidine rings is 1. The molecule has 1 aromatic carbocycles. The lowest BCUT2D eigenvalue weighted by Gasteiger charge is -2.32. The summed E-state index contributed by atoms with van der Waals surface area (Å²) in [5.74, 6) is 1.03. The van der Waals surface area contributed by atoms with Gasteiger partial charge in [0.1, 0.15) is 11.9 Å². The van der Waals surface area contributed by atoms with Gasteiger partial charge in [-0.3, -0.25) is 14.1 Å². The Hall–Kier alpha value is -2.18. The Morgan fingerprint density at radius 2 is 1.96 bits per heavy atom. The maximum Gasteiger partial charge on any atom is 0.258 e. The van der Waals surface area contributed by atoms with Gasteiger partial charge in [0.05, 0.1) is 5.69 Å². The van der Waals surface area contributed by atoms with Gasteiger partial charge in [0.15, 0.2) is 4.96 Å². The Balaban J connectivity index is 1.38. The predicted molar refractivity (Wildman–Crippen MR) is 104 cm³/mol. The molecule has 1 saturated heterocycles. The number of aromatic nitrogens is 2. The monoisotopic (exact) mass is 369 g/mol. The number of likely N-dealkylation sites (tertiary alicyclic amines) is 1. The van der Waals surface area contributed by atoms with Gasteiger partial charge < -0.3 is 4.74 Å². The maximum absolute atomic E-state index is 12.1. The zero-order valence-electron chi connectivity index (χ0n) is 15.1. The molecule has 0 radical (unpaired) electrons. The molecule has 3 aromatic rings. The number of nitrogens with zero attached hydrogens (tertiary/aromatic N) is 3. The molecule has 4 rings (SSSR count).